The average Bonchev–Trinajstić information content (AvgIpc) is 2.64. The fraction of sp³-hybridized carbons (Fsp3) is 0.421. The van der Waals surface area contributed by atoms with Crippen LogP contribution in [-0.2, 0) is 13.0 Å². The summed E-state index contributed by atoms with van der Waals surface area (Å²) in [6.07, 6.45) is 5.99. The maximum absolute atomic E-state index is 10.9. The van der Waals surface area contributed by atoms with Crippen molar-refractivity contribution >= 4 is 11.9 Å². The summed E-state index contributed by atoms with van der Waals surface area (Å²) in [4.78, 5) is 24.5. The van der Waals surface area contributed by atoms with E-state index in [0.29, 0.717) is 5.56 Å². The second-order valence-corrected chi connectivity index (χ2v) is 6.41. The smallest absolute Gasteiger partial charge is 0.335 e. The van der Waals surface area contributed by atoms with Crippen molar-refractivity contribution < 1.29 is 9.90 Å². The third kappa shape index (κ3) is 4.54. The van der Waals surface area contributed by atoms with E-state index in [9.17, 15) is 4.79 Å². The summed E-state index contributed by atoms with van der Waals surface area (Å²) < 4.78 is 0. The van der Waals surface area contributed by atoms with Crippen molar-refractivity contribution in [1.82, 2.24) is 14.9 Å². The number of benzene rings is 1. The lowest BCUT2D eigenvalue weighted by Crippen LogP contribution is -2.46. The van der Waals surface area contributed by atoms with Crippen LogP contribution < -0.4 is 4.90 Å². The molecule has 2 heterocycles. The lowest BCUT2D eigenvalue weighted by Gasteiger charge is -2.34. The predicted molar refractivity (Wildman–Crippen MR) is 96.9 cm³/mol. The first-order valence-electron chi connectivity index (χ1n) is 8.76. The third-order valence-electron chi connectivity index (χ3n) is 4.49. The Balaban J connectivity index is 1.52. The van der Waals surface area contributed by atoms with Crippen LogP contribution >= 0.6 is 0 Å². The first-order chi connectivity index (χ1) is 12.2. The molecule has 6 heteroatoms. The Morgan fingerprint density at radius 2 is 1.68 bits per heavy atom. The Morgan fingerprint density at radius 1 is 1.04 bits per heavy atom. The summed E-state index contributed by atoms with van der Waals surface area (Å²) in [6.45, 7) is 6.69. The normalized spacial score (nSPS) is 15.3. The number of carboxylic acids is 1. The van der Waals surface area contributed by atoms with Gasteiger partial charge in [0.1, 0.15) is 0 Å². The minimum Gasteiger partial charge on any atom is -0.478 e. The first-order valence-corrected chi connectivity index (χ1v) is 8.76. The van der Waals surface area contributed by atoms with E-state index in [0.717, 1.165) is 57.1 Å². The van der Waals surface area contributed by atoms with Crippen LogP contribution in [0.1, 0.15) is 34.8 Å². The summed E-state index contributed by atoms with van der Waals surface area (Å²) in [6, 6.07) is 7.12. The molecule has 0 radical (unpaired) electrons. The van der Waals surface area contributed by atoms with Gasteiger partial charge in [0.05, 0.1) is 5.56 Å². The van der Waals surface area contributed by atoms with Gasteiger partial charge in [0.15, 0.2) is 0 Å². The molecule has 25 heavy (non-hydrogen) atoms. The van der Waals surface area contributed by atoms with Crippen LogP contribution in [0.15, 0.2) is 36.7 Å². The molecule has 0 bridgehead atoms. The number of hydrogen-bond donors (Lipinski definition) is 1. The van der Waals surface area contributed by atoms with E-state index >= 15 is 0 Å². The molecule has 132 valence electrons. The second-order valence-electron chi connectivity index (χ2n) is 6.41. The van der Waals surface area contributed by atoms with Gasteiger partial charge in [0, 0.05) is 45.1 Å². The molecular weight excluding hydrogens is 316 g/mol. The van der Waals surface area contributed by atoms with Crippen molar-refractivity contribution in [3.05, 3.63) is 53.3 Å². The third-order valence-corrected chi connectivity index (χ3v) is 4.49. The number of carbonyl (C=O) groups is 1. The number of aryl methyl sites for hydroxylation is 1. The number of aromatic carboxylic acids is 1. The highest BCUT2D eigenvalue weighted by molar-refractivity contribution is 5.87. The molecule has 3 rings (SSSR count). The number of nitrogens with zero attached hydrogens (tertiary/aromatic N) is 4. The van der Waals surface area contributed by atoms with Crippen molar-refractivity contribution in [3.8, 4) is 0 Å². The van der Waals surface area contributed by atoms with Gasteiger partial charge in [-0.2, -0.15) is 0 Å². The summed E-state index contributed by atoms with van der Waals surface area (Å²) in [5, 5.41) is 8.95. The zero-order chi connectivity index (χ0) is 17.6. The highest BCUT2D eigenvalue weighted by atomic mass is 16.4. The number of piperazine rings is 1. The van der Waals surface area contributed by atoms with E-state index in [2.05, 4.69) is 26.7 Å². The molecule has 2 aromatic rings. The van der Waals surface area contributed by atoms with Gasteiger partial charge < -0.3 is 10.0 Å². The maximum atomic E-state index is 10.9. The number of rotatable bonds is 6. The fourth-order valence-corrected chi connectivity index (χ4v) is 3.05. The molecule has 0 spiro atoms. The molecule has 0 saturated carbocycles. The lowest BCUT2D eigenvalue weighted by molar-refractivity contribution is 0.0697. The molecule has 1 aromatic carbocycles. The summed E-state index contributed by atoms with van der Waals surface area (Å²) in [5.74, 6) is -0.0737. The van der Waals surface area contributed by atoms with Gasteiger partial charge in [0.25, 0.3) is 0 Å². The Bertz CT molecular complexity index is 692. The SMILES string of the molecule is CCCc1cnc(N2CCN(Cc3ccc(C(=O)O)cc3)CC2)nc1. The number of anilines is 1. The van der Waals surface area contributed by atoms with E-state index in [1.54, 1.807) is 12.1 Å². The Morgan fingerprint density at radius 3 is 2.24 bits per heavy atom. The van der Waals surface area contributed by atoms with Crippen molar-refractivity contribution in [2.45, 2.75) is 26.3 Å². The van der Waals surface area contributed by atoms with Crippen LogP contribution in [0.3, 0.4) is 0 Å². The molecule has 0 aliphatic carbocycles. The van der Waals surface area contributed by atoms with Crippen LogP contribution in [0.25, 0.3) is 0 Å². The molecule has 1 fully saturated rings. The largest absolute Gasteiger partial charge is 0.478 e. The fourth-order valence-electron chi connectivity index (χ4n) is 3.05. The van der Waals surface area contributed by atoms with Crippen molar-refractivity contribution in [3.63, 3.8) is 0 Å². The molecule has 1 aliphatic heterocycles. The van der Waals surface area contributed by atoms with Crippen molar-refractivity contribution in [2.75, 3.05) is 31.1 Å². The first kappa shape index (κ1) is 17.4. The Kier molecular flexibility index (Phi) is 5.60. The molecule has 0 atom stereocenters. The van der Waals surface area contributed by atoms with E-state index in [1.165, 1.54) is 5.56 Å². The number of hydrogen-bond acceptors (Lipinski definition) is 5. The predicted octanol–water partition coefficient (Wildman–Crippen LogP) is 2.45. The molecule has 6 nitrogen and oxygen atoms in total. The number of aromatic nitrogens is 2. The molecule has 0 unspecified atom stereocenters. The van der Waals surface area contributed by atoms with E-state index in [4.69, 9.17) is 5.11 Å². The quantitative estimate of drug-likeness (QED) is 0.871. The molecule has 0 amide bonds. The zero-order valence-electron chi connectivity index (χ0n) is 14.6. The minimum absolute atomic E-state index is 0.331. The standard InChI is InChI=1S/C19H24N4O2/c1-2-3-16-12-20-19(21-13-16)23-10-8-22(9-11-23)14-15-4-6-17(7-5-15)18(24)25/h4-7,12-13H,2-3,8-11,14H2,1H3,(H,24,25). The van der Waals surface area contributed by atoms with E-state index in [1.807, 2.05) is 24.5 Å². The van der Waals surface area contributed by atoms with Gasteiger partial charge in [-0.1, -0.05) is 25.5 Å². The van der Waals surface area contributed by atoms with Gasteiger partial charge in [-0.15, -0.1) is 0 Å². The maximum Gasteiger partial charge on any atom is 0.335 e. The summed E-state index contributed by atoms with van der Waals surface area (Å²) in [7, 11) is 0. The Hall–Kier alpha value is -2.47. The van der Waals surface area contributed by atoms with Crippen LogP contribution in [0, 0.1) is 0 Å². The molecule has 1 saturated heterocycles. The highest BCUT2D eigenvalue weighted by Crippen LogP contribution is 2.14. The summed E-state index contributed by atoms with van der Waals surface area (Å²) in [5.41, 5.74) is 2.66. The van der Waals surface area contributed by atoms with E-state index in [-0.39, 0.29) is 0 Å². The minimum atomic E-state index is -0.884. The highest BCUT2D eigenvalue weighted by Gasteiger charge is 2.19. The van der Waals surface area contributed by atoms with Crippen LogP contribution in [-0.4, -0.2) is 52.1 Å². The van der Waals surface area contributed by atoms with Gasteiger partial charge >= 0.3 is 5.97 Å². The lowest BCUT2D eigenvalue weighted by atomic mass is 10.1. The zero-order valence-corrected chi connectivity index (χ0v) is 14.6. The van der Waals surface area contributed by atoms with Gasteiger partial charge in [-0.25, -0.2) is 14.8 Å². The monoisotopic (exact) mass is 340 g/mol. The molecule has 1 aromatic heterocycles. The molecular formula is C19H24N4O2. The topological polar surface area (TPSA) is 69.6 Å². The van der Waals surface area contributed by atoms with Crippen molar-refractivity contribution in [1.29, 1.82) is 0 Å². The Labute approximate surface area is 148 Å². The average molecular weight is 340 g/mol. The summed E-state index contributed by atoms with van der Waals surface area (Å²) >= 11 is 0. The molecule has 1 aliphatic rings. The van der Waals surface area contributed by atoms with Gasteiger partial charge in [0.2, 0.25) is 5.95 Å². The van der Waals surface area contributed by atoms with Gasteiger partial charge in [-0.05, 0) is 29.7 Å². The molecule has 1 N–H and O–H groups in total. The number of carboxylic acid groups (broad SMARTS) is 1. The van der Waals surface area contributed by atoms with Gasteiger partial charge in [-0.3, -0.25) is 4.90 Å². The van der Waals surface area contributed by atoms with Crippen LogP contribution in [0.4, 0.5) is 5.95 Å². The second kappa shape index (κ2) is 8.07. The van der Waals surface area contributed by atoms with E-state index < -0.39 is 5.97 Å². The van der Waals surface area contributed by atoms with Crippen LogP contribution in [0.5, 0.6) is 0 Å². The van der Waals surface area contributed by atoms with Crippen LogP contribution in [0.2, 0.25) is 0 Å². The van der Waals surface area contributed by atoms with Crippen molar-refractivity contribution in [2.24, 2.45) is 0 Å².